The molecule has 1 aromatic carbocycles. The lowest BCUT2D eigenvalue weighted by molar-refractivity contribution is -0.139. The highest BCUT2D eigenvalue weighted by molar-refractivity contribution is 8.22. The quantitative estimate of drug-likeness (QED) is 0.322. The summed E-state index contributed by atoms with van der Waals surface area (Å²) in [5, 5.41) is 18.4. The summed E-state index contributed by atoms with van der Waals surface area (Å²) in [5.74, 6) is -1.61. The molecule has 5 unspecified atom stereocenters. The molecule has 5 atom stereocenters. The fourth-order valence-corrected chi connectivity index (χ4v) is 7.57. The number of thiol groups is 1. The minimum Gasteiger partial charge on any atom is -0.439 e. The second-order valence-corrected chi connectivity index (χ2v) is 13.0. The van der Waals surface area contributed by atoms with E-state index in [0.717, 1.165) is 5.57 Å². The van der Waals surface area contributed by atoms with E-state index in [4.69, 9.17) is 10.2 Å². The Morgan fingerprint density at radius 2 is 2.16 bits per heavy atom. The van der Waals surface area contributed by atoms with Gasteiger partial charge in [0.15, 0.2) is 5.58 Å². The fraction of sp³-hybridized carbons (Fsp3) is 0.393. The van der Waals surface area contributed by atoms with Gasteiger partial charge in [0.25, 0.3) is 0 Å². The lowest BCUT2D eigenvalue weighted by Gasteiger charge is -2.41. The molecule has 2 amide bonds. The first-order valence-corrected chi connectivity index (χ1v) is 15.5. The van der Waals surface area contributed by atoms with Crippen molar-refractivity contribution >= 4 is 40.0 Å². The van der Waals surface area contributed by atoms with E-state index in [0.29, 0.717) is 42.7 Å². The van der Waals surface area contributed by atoms with Crippen LogP contribution in [0.15, 0.2) is 67.5 Å². The van der Waals surface area contributed by atoms with Gasteiger partial charge in [0.05, 0.1) is 5.92 Å². The number of aromatic nitrogens is 5. The number of halogens is 3. The number of piperazine rings is 1. The Hall–Kier alpha value is -4.31. The first-order valence-electron chi connectivity index (χ1n) is 14.0. The molecule has 2 aromatic heterocycles. The molecule has 0 bridgehead atoms. The molecule has 0 spiro atoms. The summed E-state index contributed by atoms with van der Waals surface area (Å²) >= 11 is 0. The number of alkyl halides is 3. The van der Waals surface area contributed by atoms with Crippen molar-refractivity contribution in [1.29, 1.82) is 0 Å². The lowest BCUT2D eigenvalue weighted by Crippen LogP contribution is -2.58. The Kier molecular flexibility index (Phi) is 6.92. The van der Waals surface area contributed by atoms with Crippen molar-refractivity contribution < 1.29 is 27.2 Å². The predicted molar refractivity (Wildman–Crippen MR) is 155 cm³/mol. The van der Waals surface area contributed by atoms with E-state index in [9.17, 15) is 18.4 Å². The van der Waals surface area contributed by atoms with E-state index in [2.05, 4.69) is 30.7 Å². The number of fused-ring (bicyclic) bond motifs is 1. The number of rotatable bonds is 8. The number of hydrogen-bond donors (Lipinski definition) is 3. The normalized spacial score (nSPS) is 30.3. The van der Waals surface area contributed by atoms with E-state index >= 15 is 4.39 Å². The Bertz CT molecular complexity index is 1770. The Morgan fingerprint density at radius 3 is 2.89 bits per heavy atom. The monoisotopic (exact) mass is 627 g/mol. The molecule has 1 saturated heterocycles. The zero-order valence-corrected chi connectivity index (χ0v) is 24.1. The largest absolute Gasteiger partial charge is 0.439 e. The number of benzene rings is 1. The molecule has 1 saturated carbocycles. The van der Waals surface area contributed by atoms with Crippen molar-refractivity contribution in [2.45, 2.75) is 48.1 Å². The van der Waals surface area contributed by atoms with E-state index < -0.39 is 40.4 Å². The maximum atomic E-state index is 15.3. The number of hydrogen-bond acceptors (Lipinski definition) is 9. The van der Waals surface area contributed by atoms with Crippen molar-refractivity contribution in [2.75, 3.05) is 19.6 Å². The van der Waals surface area contributed by atoms with Crippen LogP contribution in [0, 0.1) is 5.92 Å². The smallest absolute Gasteiger partial charge is 0.350 e. The van der Waals surface area contributed by atoms with Gasteiger partial charge in [-0.15, -0.1) is 21.1 Å². The SMILES string of the molecule is NC(=O)C1CC1(F)c1ccc2oc(C3(C(=O)N4CCNCC4CC4=C[SH](c5nnn(C(F)F)n5)C=C4)C=CN=CC3)nc2c1. The number of nitrogens with zero attached hydrogens (tertiary/aromatic N) is 7. The lowest BCUT2D eigenvalue weighted by atomic mass is 9.81. The minimum absolute atomic E-state index is 0.0183. The van der Waals surface area contributed by atoms with Gasteiger partial charge in [0.2, 0.25) is 22.9 Å². The van der Waals surface area contributed by atoms with Gasteiger partial charge in [-0.2, -0.15) is 8.78 Å². The molecule has 3 aliphatic heterocycles. The number of tetrazole rings is 1. The fourth-order valence-electron chi connectivity index (χ4n) is 5.99. The van der Waals surface area contributed by atoms with Gasteiger partial charge in [-0.25, -0.2) is 9.37 Å². The number of aliphatic imine (C=N–C) groups is 1. The van der Waals surface area contributed by atoms with Crippen molar-refractivity contribution in [3.63, 3.8) is 0 Å². The third-order valence-corrected chi connectivity index (χ3v) is 10.2. The number of amides is 2. The minimum atomic E-state index is -2.86. The van der Waals surface area contributed by atoms with Crippen molar-refractivity contribution in [3.05, 3.63) is 64.4 Å². The predicted octanol–water partition coefficient (Wildman–Crippen LogP) is 2.77. The molecule has 12 nitrogen and oxygen atoms in total. The molecule has 16 heteroatoms. The van der Waals surface area contributed by atoms with Crippen molar-refractivity contribution in [2.24, 2.45) is 16.6 Å². The van der Waals surface area contributed by atoms with Crippen LogP contribution in [-0.4, -0.2) is 73.8 Å². The molecule has 5 heterocycles. The highest BCUT2D eigenvalue weighted by Gasteiger charge is 2.60. The Balaban J connectivity index is 1.15. The highest BCUT2D eigenvalue weighted by atomic mass is 32.2. The van der Waals surface area contributed by atoms with Gasteiger partial charge in [-0.05, 0) is 51.8 Å². The number of allylic oxidation sites excluding steroid dienone is 1. The molecule has 7 rings (SSSR count). The summed E-state index contributed by atoms with van der Waals surface area (Å²) in [7, 11) is -1.13. The van der Waals surface area contributed by atoms with E-state index in [1.54, 1.807) is 36.7 Å². The topological polar surface area (TPSA) is 157 Å². The second-order valence-electron chi connectivity index (χ2n) is 11.2. The number of nitrogens with one attached hydrogen (secondary N) is 1. The van der Waals surface area contributed by atoms with Gasteiger partial charge >= 0.3 is 6.55 Å². The zero-order chi connectivity index (χ0) is 30.6. The maximum Gasteiger partial charge on any atom is 0.350 e. The van der Waals surface area contributed by atoms with Crippen LogP contribution in [0.3, 0.4) is 0 Å². The molecule has 230 valence electrons. The standard InChI is InChI=1S/C28H28F3N9O3S/c29-25(30)40-37-26(36-38-40)44-10-3-16(15-44)11-18-14-34-8-9-39(18)24(42)27(4-6-33-7-5-27)23-35-20-12-17(1-2-21(20)43-23)28(31)13-19(28)22(32)41/h1-4,6-7,10,12,15,18-19,25,34,44H,5,8-9,11,13-14H2,(H2,32,41). The number of nitrogens with two attached hydrogens (primary N) is 1. The Morgan fingerprint density at radius 1 is 1.30 bits per heavy atom. The summed E-state index contributed by atoms with van der Waals surface area (Å²) in [4.78, 5) is 37.0. The molecular formula is C28H28F3N9O3S. The van der Waals surface area contributed by atoms with Crippen LogP contribution in [0.5, 0.6) is 0 Å². The molecular weight excluding hydrogens is 599 g/mol. The van der Waals surface area contributed by atoms with Crippen LogP contribution in [-0.2, 0) is 20.7 Å². The summed E-state index contributed by atoms with van der Waals surface area (Å²) < 4.78 is 47.3. The van der Waals surface area contributed by atoms with Crippen LogP contribution in [0.4, 0.5) is 13.2 Å². The van der Waals surface area contributed by atoms with Gasteiger partial charge in [-0.1, -0.05) is 16.9 Å². The van der Waals surface area contributed by atoms with Crippen LogP contribution < -0.4 is 11.1 Å². The van der Waals surface area contributed by atoms with Gasteiger partial charge in [0, 0.05) is 50.9 Å². The van der Waals surface area contributed by atoms with Gasteiger partial charge < -0.3 is 20.4 Å². The number of oxazole rings is 1. The first-order chi connectivity index (χ1) is 21.2. The van der Waals surface area contributed by atoms with E-state index in [1.165, 1.54) is 0 Å². The second kappa shape index (κ2) is 10.7. The summed E-state index contributed by atoms with van der Waals surface area (Å²) in [6, 6.07) is 4.47. The average Bonchev–Trinajstić information content (AvgIpc) is 3.46. The number of carbonyl (C=O) groups excluding carboxylic acids is 2. The van der Waals surface area contributed by atoms with E-state index in [1.807, 2.05) is 21.8 Å². The molecule has 44 heavy (non-hydrogen) atoms. The van der Waals surface area contributed by atoms with Crippen LogP contribution in [0.1, 0.15) is 37.3 Å². The zero-order valence-electron chi connectivity index (χ0n) is 23.2. The third kappa shape index (κ3) is 4.81. The average molecular weight is 628 g/mol. The molecule has 3 aromatic rings. The molecule has 0 radical (unpaired) electrons. The van der Waals surface area contributed by atoms with Crippen molar-refractivity contribution in [3.8, 4) is 0 Å². The highest BCUT2D eigenvalue weighted by Crippen LogP contribution is 2.56. The maximum absolute atomic E-state index is 15.3. The van der Waals surface area contributed by atoms with Crippen LogP contribution in [0.25, 0.3) is 11.1 Å². The summed E-state index contributed by atoms with van der Waals surface area (Å²) in [6.07, 6.45) is 7.54. The molecule has 1 aliphatic carbocycles. The number of primary amides is 1. The summed E-state index contributed by atoms with van der Waals surface area (Å²) in [6.45, 7) is -1.29. The Labute approximate surface area is 251 Å². The van der Waals surface area contributed by atoms with Gasteiger partial charge in [-0.3, -0.25) is 14.6 Å². The van der Waals surface area contributed by atoms with Crippen molar-refractivity contribution in [1.82, 2.24) is 35.4 Å². The molecule has 3 N–H and O–H groups in total. The van der Waals surface area contributed by atoms with Crippen LogP contribution >= 0.6 is 10.9 Å². The number of carbonyl (C=O) groups is 2. The van der Waals surface area contributed by atoms with E-state index in [-0.39, 0.29) is 40.6 Å². The first kappa shape index (κ1) is 28.5. The molecule has 4 aliphatic rings. The third-order valence-electron chi connectivity index (χ3n) is 8.49. The van der Waals surface area contributed by atoms with Gasteiger partial charge in [0.1, 0.15) is 16.6 Å². The molecule has 2 fully saturated rings. The van der Waals surface area contributed by atoms with Crippen LogP contribution in [0.2, 0.25) is 0 Å². The summed E-state index contributed by atoms with van der Waals surface area (Å²) in [5.41, 5.74) is 4.21.